The predicted octanol–water partition coefficient (Wildman–Crippen LogP) is 4.06. The molecule has 0 radical (unpaired) electrons. The van der Waals surface area contributed by atoms with Gasteiger partial charge in [-0.3, -0.25) is 0 Å². The van der Waals surface area contributed by atoms with Crippen molar-refractivity contribution in [2.24, 2.45) is 0 Å². The van der Waals surface area contributed by atoms with E-state index in [0.717, 1.165) is 41.9 Å². The van der Waals surface area contributed by atoms with E-state index in [2.05, 4.69) is 14.9 Å². The minimum absolute atomic E-state index is 0.0979. The first kappa shape index (κ1) is 18.7. The Kier molecular flexibility index (Phi) is 6.63. The Balaban J connectivity index is 0.00000100. The highest BCUT2D eigenvalue weighted by atomic mass is 35.5. The van der Waals surface area contributed by atoms with Crippen LogP contribution in [0, 0.1) is 0 Å². The van der Waals surface area contributed by atoms with Crippen LogP contribution in [0.4, 0.5) is 5.82 Å². The van der Waals surface area contributed by atoms with Gasteiger partial charge in [0.2, 0.25) is 5.28 Å². The van der Waals surface area contributed by atoms with Gasteiger partial charge in [0.05, 0.1) is 24.3 Å². The van der Waals surface area contributed by atoms with Crippen LogP contribution in [0.5, 0.6) is 5.75 Å². The van der Waals surface area contributed by atoms with Crippen LogP contribution in [0.2, 0.25) is 5.28 Å². The number of aliphatic hydroxyl groups is 1. The summed E-state index contributed by atoms with van der Waals surface area (Å²) in [6.45, 7) is 8.97. The lowest BCUT2D eigenvalue weighted by Crippen LogP contribution is -2.33. The zero-order valence-corrected chi connectivity index (χ0v) is 15.5. The summed E-state index contributed by atoms with van der Waals surface area (Å²) in [7, 11) is 0. The van der Waals surface area contributed by atoms with E-state index >= 15 is 0 Å². The van der Waals surface area contributed by atoms with E-state index in [1.807, 2.05) is 45.9 Å². The van der Waals surface area contributed by atoms with E-state index in [9.17, 15) is 5.11 Å². The first-order chi connectivity index (χ1) is 11.6. The summed E-state index contributed by atoms with van der Waals surface area (Å²) in [6.07, 6.45) is 2.11. The number of hydrogen-bond donors (Lipinski definition) is 1. The summed E-state index contributed by atoms with van der Waals surface area (Å²) < 4.78 is 5.71. The standard InChI is InChI=1S/C16H20ClN3O2.C2H6/c1-10(2)22-12-5-6-13-14(8-12)18-16(17)19-15(13)20-7-3-4-11(20)9-21;1-2/h5-6,8,10-11,21H,3-4,7,9H2,1-2H3;1-2H3. The quantitative estimate of drug-likeness (QED) is 0.842. The van der Waals surface area contributed by atoms with Gasteiger partial charge in [0, 0.05) is 18.0 Å². The minimum Gasteiger partial charge on any atom is -0.491 e. The van der Waals surface area contributed by atoms with Crippen molar-refractivity contribution in [3.8, 4) is 5.75 Å². The molecule has 1 saturated heterocycles. The Hall–Kier alpha value is -1.59. The van der Waals surface area contributed by atoms with Gasteiger partial charge in [0.15, 0.2) is 0 Å². The maximum atomic E-state index is 9.54. The molecule has 2 heterocycles. The molecule has 3 rings (SSSR count). The summed E-state index contributed by atoms with van der Waals surface area (Å²) in [5.74, 6) is 1.56. The molecule has 1 N–H and O–H groups in total. The third-order valence-electron chi connectivity index (χ3n) is 3.85. The molecule has 0 amide bonds. The number of rotatable bonds is 4. The van der Waals surface area contributed by atoms with Crippen molar-refractivity contribution in [1.82, 2.24) is 9.97 Å². The Morgan fingerprint density at radius 2 is 2.08 bits per heavy atom. The maximum Gasteiger partial charge on any atom is 0.224 e. The monoisotopic (exact) mass is 351 g/mol. The van der Waals surface area contributed by atoms with Crippen LogP contribution in [0.15, 0.2) is 18.2 Å². The Bertz CT molecular complexity index is 679. The predicted molar refractivity (Wildman–Crippen MR) is 99.1 cm³/mol. The number of anilines is 1. The fourth-order valence-corrected chi connectivity index (χ4v) is 3.10. The van der Waals surface area contributed by atoms with Crippen molar-refractivity contribution < 1.29 is 9.84 Å². The normalized spacial score (nSPS) is 17.1. The van der Waals surface area contributed by atoms with Gasteiger partial charge in [-0.2, -0.15) is 4.98 Å². The van der Waals surface area contributed by atoms with E-state index in [1.165, 1.54) is 0 Å². The van der Waals surface area contributed by atoms with Crippen LogP contribution >= 0.6 is 11.6 Å². The third-order valence-corrected chi connectivity index (χ3v) is 4.02. The fourth-order valence-electron chi connectivity index (χ4n) is 2.93. The molecule has 1 fully saturated rings. The van der Waals surface area contributed by atoms with Crippen LogP contribution in [0.25, 0.3) is 10.9 Å². The number of halogens is 1. The third kappa shape index (κ3) is 4.08. The molecule has 1 aromatic heterocycles. The lowest BCUT2D eigenvalue weighted by molar-refractivity contribution is 0.242. The number of hydrogen-bond acceptors (Lipinski definition) is 5. The molecule has 1 aromatic carbocycles. The molecule has 24 heavy (non-hydrogen) atoms. The van der Waals surface area contributed by atoms with Crippen molar-refractivity contribution in [2.45, 2.75) is 52.7 Å². The van der Waals surface area contributed by atoms with Crippen molar-refractivity contribution in [3.63, 3.8) is 0 Å². The van der Waals surface area contributed by atoms with Crippen molar-refractivity contribution in [2.75, 3.05) is 18.1 Å². The minimum atomic E-state index is 0.0979. The second-order valence-corrected chi connectivity index (χ2v) is 6.17. The number of benzene rings is 1. The Labute approximate surface area is 148 Å². The van der Waals surface area contributed by atoms with E-state index in [1.54, 1.807) is 0 Å². The van der Waals surface area contributed by atoms with Gasteiger partial charge in [-0.25, -0.2) is 4.98 Å². The summed E-state index contributed by atoms with van der Waals surface area (Å²) in [5, 5.41) is 10.7. The first-order valence-electron chi connectivity index (χ1n) is 8.60. The fraction of sp³-hybridized carbons (Fsp3) is 0.556. The summed E-state index contributed by atoms with van der Waals surface area (Å²) in [4.78, 5) is 10.8. The van der Waals surface area contributed by atoms with Crippen LogP contribution < -0.4 is 9.64 Å². The van der Waals surface area contributed by atoms with E-state index < -0.39 is 0 Å². The van der Waals surface area contributed by atoms with Gasteiger partial charge in [0.1, 0.15) is 11.6 Å². The molecule has 0 bridgehead atoms. The molecule has 0 saturated carbocycles. The maximum absolute atomic E-state index is 9.54. The molecule has 1 unspecified atom stereocenters. The lowest BCUT2D eigenvalue weighted by atomic mass is 10.2. The number of aliphatic hydroxyl groups excluding tert-OH is 1. The van der Waals surface area contributed by atoms with Crippen LogP contribution in [-0.2, 0) is 0 Å². The zero-order chi connectivity index (χ0) is 17.7. The Morgan fingerprint density at radius 3 is 2.75 bits per heavy atom. The number of nitrogens with zero attached hydrogens (tertiary/aromatic N) is 3. The molecule has 6 heteroatoms. The topological polar surface area (TPSA) is 58.5 Å². The molecule has 1 aliphatic rings. The Morgan fingerprint density at radius 1 is 1.33 bits per heavy atom. The molecular formula is C18H26ClN3O2. The van der Waals surface area contributed by atoms with E-state index in [4.69, 9.17) is 16.3 Å². The number of aromatic nitrogens is 2. The molecule has 0 aliphatic carbocycles. The van der Waals surface area contributed by atoms with Crippen LogP contribution in [0.1, 0.15) is 40.5 Å². The molecule has 0 spiro atoms. The summed E-state index contributed by atoms with van der Waals surface area (Å²) in [5.41, 5.74) is 0.761. The molecule has 1 aliphatic heterocycles. The second kappa shape index (κ2) is 8.49. The zero-order valence-electron chi connectivity index (χ0n) is 14.8. The van der Waals surface area contributed by atoms with Gasteiger partial charge in [-0.05, 0) is 50.4 Å². The second-order valence-electron chi connectivity index (χ2n) is 5.83. The highest BCUT2D eigenvalue weighted by Crippen LogP contribution is 2.32. The smallest absolute Gasteiger partial charge is 0.224 e. The van der Waals surface area contributed by atoms with E-state index in [-0.39, 0.29) is 24.0 Å². The van der Waals surface area contributed by atoms with Gasteiger partial charge in [0.25, 0.3) is 0 Å². The largest absolute Gasteiger partial charge is 0.491 e. The lowest BCUT2D eigenvalue weighted by Gasteiger charge is -2.25. The molecular weight excluding hydrogens is 326 g/mol. The van der Waals surface area contributed by atoms with Crippen LogP contribution in [0.3, 0.4) is 0 Å². The average Bonchev–Trinajstić information content (AvgIpc) is 3.03. The van der Waals surface area contributed by atoms with Gasteiger partial charge < -0.3 is 14.7 Å². The average molecular weight is 352 g/mol. The van der Waals surface area contributed by atoms with Gasteiger partial charge >= 0.3 is 0 Å². The van der Waals surface area contributed by atoms with Gasteiger partial charge in [-0.15, -0.1) is 0 Å². The number of fused-ring (bicyclic) bond motifs is 1. The van der Waals surface area contributed by atoms with E-state index in [0.29, 0.717) is 0 Å². The van der Waals surface area contributed by atoms with Crippen molar-refractivity contribution in [3.05, 3.63) is 23.5 Å². The first-order valence-corrected chi connectivity index (χ1v) is 8.97. The highest BCUT2D eigenvalue weighted by molar-refractivity contribution is 6.28. The SMILES string of the molecule is CC.CC(C)Oc1ccc2c(N3CCCC3CO)nc(Cl)nc2c1. The van der Waals surface area contributed by atoms with Crippen molar-refractivity contribution >= 4 is 28.3 Å². The molecule has 1 atom stereocenters. The van der Waals surface area contributed by atoms with Gasteiger partial charge in [-0.1, -0.05) is 13.8 Å². The summed E-state index contributed by atoms with van der Waals surface area (Å²) >= 11 is 6.10. The van der Waals surface area contributed by atoms with Crippen molar-refractivity contribution in [1.29, 1.82) is 0 Å². The molecule has 2 aromatic rings. The summed E-state index contributed by atoms with van der Waals surface area (Å²) in [6, 6.07) is 5.87. The molecule has 132 valence electrons. The van der Waals surface area contributed by atoms with Crippen LogP contribution in [-0.4, -0.2) is 40.4 Å². The highest BCUT2D eigenvalue weighted by Gasteiger charge is 2.27. The molecule has 5 nitrogen and oxygen atoms in total. The number of ether oxygens (including phenoxy) is 1.